The molecule has 118 valence electrons. The van der Waals surface area contributed by atoms with Gasteiger partial charge in [-0.2, -0.15) is 0 Å². The lowest BCUT2D eigenvalue weighted by molar-refractivity contribution is 0.270. The van der Waals surface area contributed by atoms with Crippen molar-refractivity contribution in [2.45, 2.75) is 64.1 Å². The smallest absolute Gasteiger partial charge is 0.241 e. The highest BCUT2D eigenvalue weighted by molar-refractivity contribution is 7.89. The molecule has 5 heteroatoms. The SMILES string of the molecule is Cc1c(CNC(C)C)cccc1S(=O)(=O)NC1CC(C)C1. The molecule has 1 saturated carbocycles. The lowest BCUT2D eigenvalue weighted by Crippen LogP contribution is -2.43. The Morgan fingerprint density at radius 2 is 1.95 bits per heavy atom. The third-order valence-corrected chi connectivity index (χ3v) is 5.75. The number of sulfonamides is 1. The van der Waals surface area contributed by atoms with Gasteiger partial charge < -0.3 is 5.32 Å². The Balaban J connectivity index is 2.16. The van der Waals surface area contributed by atoms with Gasteiger partial charge >= 0.3 is 0 Å². The molecule has 4 nitrogen and oxygen atoms in total. The maximum absolute atomic E-state index is 12.5. The van der Waals surface area contributed by atoms with E-state index in [0.29, 0.717) is 23.4 Å². The van der Waals surface area contributed by atoms with E-state index in [2.05, 4.69) is 30.8 Å². The topological polar surface area (TPSA) is 58.2 Å². The molecule has 0 saturated heterocycles. The minimum atomic E-state index is -3.41. The van der Waals surface area contributed by atoms with Crippen molar-refractivity contribution in [3.8, 4) is 0 Å². The Hall–Kier alpha value is -0.910. The van der Waals surface area contributed by atoms with E-state index in [1.807, 2.05) is 19.1 Å². The molecule has 2 rings (SSSR count). The summed E-state index contributed by atoms with van der Waals surface area (Å²) in [4.78, 5) is 0.408. The highest BCUT2D eigenvalue weighted by atomic mass is 32.2. The fourth-order valence-corrected chi connectivity index (χ4v) is 4.29. The van der Waals surface area contributed by atoms with Gasteiger partial charge in [-0.3, -0.25) is 0 Å². The van der Waals surface area contributed by atoms with Crippen LogP contribution < -0.4 is 10.0 Å². The van der Waals surface area contributed by atoms with Crippen LogP contribution in [-0.2, 0) is 16.6 Å². The highest BCUT2D eigenvalue weighted by Crippen LogP contribution is 2.28. The minimum Gasteiger partial charge on any atom is -0.310 e. The molecule has 1 aromatic carbocycles. The van der Waals surface area contributed by atoms with E-state index < -0.39 is 10.0 Å². The van der Waals surface area contributed by atoms with Crippen molar-refractivity contribution < 1.29 is 8.42 Å². The summed E-state index contributed by atoms with van der Waals surface area (Å²) in [6.45, 7) is 8.88. The maximum atomic E-state index is 12.5. The number of hydrogen-bond donors (Lipinski definition) is 2. The molecule has 1 aliphatic carbocycles. The number of rotatable bonds is 6. The lowest BCUT2D eigenvalue weighted by Gasteiger charge is -2.33. The lowest BCUT2D eigenvalue weighted by atomic mass is 9.83. The third kappa shape index (κ3) is 4.05. The molecular weight excluding hydrogens is 284 g/mol. The van der Waals surface area contributed by atoms with Gasteiger partial charge in [0.1, 0.15) is 0 Å². The first-order chi connectivity index (χ1) is 9.79. The van der Waals surface area contributed by atoms with Crippen LogP contribution in [0.2, 0.25) is 0 Å². The zero-order chi connectivity index (χ0) is 15.6. The standard InChI is InChI=1S/C16H26N2O2S/c1-11(2)17-10-14-6-5-7-16(13(14)4)21(19,20)18-15-8-12(3)9-15/h5-7,11-12,15,17-18H,8-10H2,1-4H3. The molecule has 0 atom stereocenters. The molecule has 1 fully saturated rings. The van der Waals surface area contributed by atoms with Gasteiger partial charge in [-0.05, 0) is 42.9 Å². The average Bonchev–Trinajstić information content (AvgIpc) is 2.35. The van der Waals surface area contributed by atoms with Crippen molar-refractivity contribution in [2.75, 3.05) is 0 Å². The van der Waals surface area contributed by atoms with Crippen LogP contribution in [0.15, 0.2) is 23.1 Å². The van der Waals surface area contributed by atoms with Crippen LogP contribution in [0, 0.1) is 12.8 Å². The van der Waals surface area contributed by atoms with Crippen molar-refractivity contribution in [2.24, 2.45) is 5.92 Å². The summed E-state index contributed by atoms with van der Waals surface area (Å²) in [6, 6.07) is 5.97. The second-order valence-electron chi connectivity index (χ2n) is 6.47. The molecule has 0 spiro atoms. The molecule has 0 amide bonds. The van der Waals surface area contributed by atoms with E-state index in [-0.39, 0.29) is 6.04 Å². The van der Waals surface area contributed by atoms with E-state index in [1.54, 1.807) is 6.07 Å². The molecule has 0 bridgehead atoms. The van der Waals surface area contributed by atoms with Crippen LogP contribution in [0.4, 0.5) is 0 Å². The van der Waals surface area contributed by atoms with Crippen LogP contribution in [0.3, 0.4) is 0 Å². The quantitative estimate of drug-likeness (QED) is 0.849. The molecule has 21 heavy (non-hydrogen) atoms. The van der Waals surface area contributed by atoms with Gasteiger partial charge in [-0.15, -0.1) is 0 Å². The first kappa shape index (κ1) is 16.5. The molecule has 0 aliphatic heterocycles. The predicted molar refractivity (Wildman–Crippen MR) is 85.7 cm³/mol. The zero-order valence-electron chi connectivity index (χ0n) is 13.3. The summed E-state index contributed by atoms with van der Waals surface area (Å²) in [7, 11) is -3.41. The molecule has 1 aromatic rings. The molecule has 0 aromatic heterocycles. The van der Waals surface area contributed by atoms with Crippen molar-refractivity contribution in [3.63, 3.8) is 0 Å². The Kier molecular flexibility index (Phi) is 5.07. The van der Waals surface area contributed by atoms with Crippen LogP contribution in [0.5, 0.6) is 0 Å². The van der Waals surface area contributed by atoms with E-state index in [0.717, 1.165) is 24.0 Å². The molecule has 2 N–H and O–H groups in total. The van der Waals surface area contributed by atoms with E-state index >= 15 is 0 Å². The van der Waals surface area contributed by atoms with Crippen LogP contribution in [0.25, 0.3) is 0 Å². The summed E-state index contributed by atoms with van der Waals surface area (Å²) in [5.74, 6) is 0.625. The number of nitrogens with one attached hydrogen (secondary N) is 2. The van der Waals surface area contributed by atoms with E-state index in [1.165, 1.54) is 0 Å². The van der Waals surface area contributed by atoms with Gasteiger partial charge in [-0.25, -0.2) is 13.1 Å². The first-order valence-corrected chi connectivity index (χ1v) is 9.12. The van der Waals surface area contributed by atoms with Gasteiger partial charge in [0.15, 0.2) is 0 Å². The van der Waals surface area contributed by atoms with Crippen molar-refractivity contribution in [1.82, 2.24) is 10.0 Å². The fourth-order valence-electron chi connectivity index (χ4n) is 2.74. The second kappa shape index (κ2) is 6.46. The van der Waals surface area contributed by atoms with Gasteiger partial charge in [0.05, 0.1) is 4.90 Å². The predicted octanol–water partition coefficient (Wildman–Crippen LogP) is 2.57. The monoisotopic (exact) mass is 310 g/mol. The molecule has 0 heterocycles. The summed E-state index contributed by atoms with van der Waals surface area (Å²) < 4.78 is 27.9. The first-order valence-electron chi connectivity index (χ1n) is 7.64. The van der Waals surface area contributed by atoms with Crippen LogP contribution in [-0.4, -0.2) is 20.5 Å². The largest absolute Gasteiger partial charge is 0.310 e. The summed E-state index contributed by atoms with van der Waals surface area (Å²) in [5.41, 5.74) is 1.87. The number of benzene rings is 1. The fraction of sp³-hybridized carbons (Fsp3) is 0.625. The Morgan fingerprint density at radius 1 is 1.29 bits per heavy atom. The van der Waals surface area contributed by atoms with Gasteiger partial charge in [0.25, 0.3) is 0 Å². The molecule has 0 unspecified atom stereocenters. The van der Waals surface area contributed by atoms with Crippen LogP contribution >= 0.6 is 0 Å². The average molecular weight is 310 g/mol. The number of hydrogen-bond acceptors (Lipinski definition) is 3. The summed E-state index contributed by atoms with van der Waals surface area (Å²) in [5, 5.41) is 3.33. The third-order valence-electron chi connectivity index (χ3n) is 4.08. The summed E-state index contributed by atoms with van der Waals surface area (Å²) >= 11 is 0. The van der Waals surface area contributed by atoms with Crippen molar-refractivity contribution in [3.05, 3.63) is 29.3 Å². The zero-order valence-corrected chi connectivity index (χ0v) is 14.1. The summed E-state index contributed by atoms with van der Waals surface area (Å²) in [6.07, 6.45) is 1.87. The van der Waals surface area contributed by atoms with Gasteiger partial charge in [-0.1, -0.05) is 32.9 Å². The Morgan fingerprint density at radius 3 is 2.52 bits per heavy atom. The van der Waals surface area contributed by atoms with Gasteiger partial charge in [0.2, 0.25) is 10.0 Å². The highest BCUT2D eigenvalue weighted by Gasteiger charge is 2.30. The van der Waals surface area contributed by atoms with E-state index in [9.17, 15) is 8.42 Å². The normalized spacial score (nSPS) is 22.3. The van der Waals surface area contributed by atoms with Gasteiger partial charge in [0, 0.05) is 18.6 Å². The molecular formula is C16H26N2O2S. The van der Waals surface area contributed by atoms with Crippen molar-refractivity contribution >= 4 is 10.0 Å². The molecule has 0 radical (unpaired) electrons. The Bertz CT molecular complexity index is 590. The van der Waals surface area contributed by atoms with Crippen LogP contribution in [0.1, 0.15) is 44.7 Å². The second-order valence-corrected chi connectivity index (χ2v) is 8.15. The maximum Gasteiger partial charge on any atom is 0.241 e. The Labute approximate surface area is 128 Å². The van der Waals surface area contributed by atoms with E-state index in [4.69, 9.17) is 0 Å². The molecule has 1 aliphatic rings. The van der Waals surface area contributed by atoms with Crippen molar-refractivity contribution in [1.29, 1.82) is 0 Å². The minimum absolute atomic E-state index is 0.0989.